The summed E-state index contributed by atoms with van der Waals surface area (Å²) in [5.41, 5.74) is 1.39. The summed E-state index contributed by atoms with van der Waals surface area (Å²) >= 11 is 0. The zero-order valence-electron chi connectivity index (χ0n) is 22.8. The minimum atomic E-state index is 0.0131. The summed E-state index contributed by atoms with van der Waals surface area (Å²) in [4.78, 5) is 25.8. The van der Waals surface area contributed by atoms with Crippen molar-refractivity contribution in [3.05, 3.63) is 47.5 Å². The first-order chi connectivity index (χ1) is 17.3. The Hall–Kier alpha value is -2.36. The number of rotatable bonds is 8. The monoisotopic (exact) mass is 490 g/mol. The Bertz CT molecular complexity index is 944. The van der Waals surface area contributed by atoms with Crippen LogP contribution in [0.1, 0.15) is 113 Å². The van der Waals surface area contributed by atoms with E-state index < -0.39 is 0 Å². The van der Waals surface area contributed by atoms with E-state index in [0.29, 0.717) is 11.1 Å². The standard InChI is InChI=1S/C32H46N2O2/c1-21(2)17-23-5-13-29(14-6-23)33-31(35)27-11-9-26-20-28(12-10-25(26)19-27)32(36)34-30-15-7-24(8-16-30)18-22(3)4/h9-12,19-24,29-30H,5-8,13-18H2,1-4H3,(H,33,35)(H,34,36). The summed E-state index contributed by atoms with van der Waals surface area (Å²) in [7, 11) is 0. The van der Waals surface area contributed by atoms with Crippen LogP contribution in [0.4, 0.5) is 0 Å². The fourth-order valence-electron chi connectivity index (χ4n) is 6.48. The van der Waals surface area contributed by atoms with Crippen LogP contribution in [0.3, 0.4) is 0 Å². The van der Waals surface area contributed by atoms with E-state index in [4.69, 9.17) is 0 Å². The molecule has 2 aromatic rings. The third kappa shape index (κ3) is 7.33. The van der Waals surface area contributed by atoms with Crippen molar-refractivity contribution < 1.29 is 9.59 Å². The molecule has 4 heteroatoms. The van der Waals surface area contributed by atoms with Crippen LogP contribution in [0.25, 0.3) is 10.8 Å². The molecule has 196 valence electrons. The molecule has 2 aromatic carbocycles. The zero-order chi connectivity index (χ0) is 25.7. The number of carbonyl (C=O) groups excluding carboxylic acids is 2. The molecular formula is C32H46N2O2. The summed E-state index contributed by atoms with van der Waals surface area (Å²) in [6.07, 6.45) is 11.8. The molecule has 0 heterocycles. The van der Waals surface area contributed by atoms with Gasteiger partial charge in [-0.15, -0.1) is 0 Å². The maximum Gasteiger partial charge on any atom is 0.251 e. The van der Waals surface area contributed by atoms with E-state index >= 15 is 0 Å². The number of hydrogen-bond acceptors (Lipinski definition) is 2. The smallest absolute Gasteiger partial charge is 0.251 e. The van der Waals surface area contributed by atoms with Crippen molar-refractivity contribution in [2.75, 3.05) is 0 Å². The van der Waals surface area contributed by atoms with Gasteiger partial charge in [0.25, 0.3) is 11.8 Å². The minimum Gasteiger partial charge on any atom is -0.349 e. The third-order valence-electron chi connectivity index (χ3n) is 8.34. The Balaban J connectivity index is 1.30. The molecule has 36 heavy (non-hydrogen) atoms. The summed E-state index contributed by atoms with van der Waals surface area (Å²) < 4.78 is 0. The number of carbonyl (C=O) groups is 2. The normalized spacial score (nSPS) is 24.7. The van der Waals surface area contributed by atoms with Gasteiger partial charge in [0.2, 0.25) is 0 Å². The highest BCUT2D eigenvalue weighted by Crippen LogP contribution is 2.31. The molecule has 0 atom stereocenters. The quantitative estimate of drug-likeness (QED) is 0.402. The molecule has 2 aliphatic carbocycles. The Kier molecular flexibility index (Phi) is 9.09. The lowest BCUT2D eigenvalue weighted by atomic mass is 9.81. The molecule has 0 saturated heterocycles. The molecule has 0 radical (unpaired) electrons. The molecule has 2 N–H and O–H groups in total. The van der Waals surface area contributed by atoms with Crippen LogP contribution in [0.5, 0.6) is 0 Å². The van der Waals surface area contributed by atoms with Crippen LogP contribution in [0, 0.1) is 23.7 Å². The van der Waals surface area contributed by atoms with Crippen molar-refractivity contribution >= 4 is 22.6 Å². The number of fused-ring (bicyclic) bond motifs is 1. The van der Waals surface area contributed by atoms with Gasteiger partial charge < -0.3 is 10.6 Å². The van der Waals surface area contributed by atoms with Gasteiger partial charge in [0, 0.05) is 23.2 Å². The van der Waals surface area contributed by atoms with E-state index in [0.717, 1.165) is 60.1 Å². The second-order valence-electron chi connectivity index (χ2n) is 12.4. The second-order valence-corrected chi connectivity index (χ2v) is 12.4. The predicted octanol–water partition coefficient (Wildman–Crippen LogP) is 7.51. The number of amides is 2. The van der Waals surface area contributed by atoms with Gasteiger partial charge in [-0.05, 0) is 123 Å². The Morgan fingerprint density at radius 1 is 0.639 bits per heavy atom. The van der Waals surface area contributed by atoms with E-state index in [9.17, 15) is 9.59 Å². The lowest BCUT2D eigenvalue weighted by Gasteiger charge is -2.30. The van der Waals surface area contributed by atoms with Crippen LogP contribution in [-0.2, 0) is 0 Å². The van der Waals surface area contributed by atoms with Crippen LogP contribution in [0.15, 0.2) is 36.4 Å². The van der Waals surface area contributed by atoms with Crippen molar-refractivity contribution in [3.63, 3.8) is 0 Å². The Morgan fingerprint density at radius 2 is 1.00 bits per heavy atom. The lowest BCUT2D eigenvalue weighted by molar-refractivity contribution is 0.0911. The molecular weight excluding hydrogens is 444 g/mol. The highest BCUT2D eigenvalue weighted by Gasteiger charge is 2.25. The highest BCUT2D eigenvalue weighted by molar-refractivity contribution is 6.02. The van der Waals surface area contributed by atoms with Crippen molar-refractivity contribution in [2.24, 2.45) is 23.7 Å². The van der Waals surface area contributed by atoms with Crippen molar-refractivity contribution in [1.29, 1.82) is 0 Å². The molecule has 2 saturated carbocycles. The Morgan fingerprint density at radius 3 is 1.33 bits per heavy atom. The average Bonchev–Trinajstić information content (AvgIpc) is 2.85. The van der Waals surface area contributed by atoms with Crippen molar-refractivity contribution in [2.45, 2.75) is 104 Å². The molecule has 0 bridgehead atoms. The lowest BCUT2D eigenvalue weighted by Crippen LogP contribution is -2.37. The first-order valence-corrected chi connectivity index (χ1v) is 14.4. The first kappa shape index (κ1) is 26.7. The minimum absolute atomic E-state index is 0.0131. The van der Waals surface area contributed by atoms with Gasteiger partial charge in [-0.1, -0.05) is 39.8 Å². The molecule has 0 spiro atoms. The van der Waals surface area contributed by atoms with E-state index in [2.05, 4.69) is 38.3 Å². The molecule has 0 aromatic heterocycles. The largest absolute Gasteiger partial charge is 0.349 e. The van der Waals surface area contributed by atoms with Crippen LogP contribution in [-0.4, -0.2) is 23.9 Å². The first-order valence-electron chi connectivity index (χ1n) is 14.4. The van der Waals surface area contributed by atoms with E-state index in [1.54, 1.807) is 0 Å². The maximum absolute atomic E-state index is 12.9. The topological polar surface area (TPSA) is 58.2 Å². The average molecular weight is 491 g/mol. The van der Waals surface area contributed by atoms with Crippen molar-refractivity contribution in [1.82, 2.24) is 10.6 Å². The van der Waals surface area contributed by atoms with Gasteiger partial charge in [-0.2, -0.15) is 0 Å². The second kappa shape index (κ2) is 12.3. The van der Waals surface area contributed by atoms with Gasteiger partial charge in [0.15, 0.2) is 0 Å². The summed E-state index contributed by atoms with van der Waals surface area (Å²) in [6, 6.07) is 12.2. The van der Waals surface area contributed by atoms with Crippen LogP contribution < -0.4 is 10.6 Å². The van der Waals surface area contributed by atoms with Gasteiger partial charge in [-0.3, -0.25) is 9.59 Å². The molecule has 0 unspecified atom stereocenters. The van der Waals surface area contributed by atoms with Gasteiger partial charge in [-0.25, -0.2) is 0 Å². The highest BCUT2D eigenvalue weighted by atomic mass is 16.2. The fourth-order valence-corrected chi connectivity index (χ4v) is 6.48. The van der Waals surface area contributed by atoms with Gasteiger partial charge >= 0.3 is 0 Å². The SMILES string of the molecule is CC(C)CC1CCC(NC(=O)c2ccc3cc(C(=O)NC4CCC(CC(C)C)CC4)ccc3c2)CC1. The van der Waals surface area contributed by atoms with E-state index in [-0.39, 0.29) is 23.9 Å². The number of hydrogen-bond donors (Lipinski definition) is 2. The predicted molar refractivity (Wildman–Crippen MR) is 149 cm³/mol. The zero-order valence-corrected chi connectivity index (χ0v) is 22.8. The molecule has 2 amide bonds. The molecule has 0 aliphatic heterocycles. The number of nitrogens with one attached hydrogen (secondary N) is 2. The summed E-state index contributed by atoms with van der Waals surface area (Å²) in [5, 5.41) is 8.51. The van der Waals surface area contributed by atoms with E-state index in [1.165, 1.54) is 38.5 Å². The molecule has 4 rings (SSSR count). The third-order valence-corrected chi connectivity index (χ3v) is 8.34. The summed E-state index contributed by atoms with van der Waals surface area (Å²) in [5.74, 6) is 3.15. The van der Waals surface area contributed by atoms with Gasteiger partial charge in [0.1, 0.15) is 0 Å². The fraction of sp³-hybridized carbons (Fsp3) is 0.625. The van der Waals surface area contributed by atoms with E-state index in [1.807, 2.05) is 36.4 Å². The summed E-state index contributed by atoms with van der Waals surface area (Å²) in [6.45, 7) is 9.18. The molecule has 2 aliphatic rings. The molecule has 4 nitrogen and oxygen atoms in total. The van der Waals surface area contributed by atoms with Crippen LogP contribution >= 0.6 is 0 Å². The van der Waals surface area contributed by atoms with Gasteiger partial charge in [0.05, 0.1) is 0 Å². The number of benzene rings is 2. The van der Waals surface area contributed by atoms with Crippen molar-refractivity contribution in [3.8, 4) is 0 Å². The Labute approximate surface area is 218 Å². The maximum atomic E-state index is 12.9. The van der Waals surface area contributed by atoms with Crippen LogP contribution in [0.2, 0.25) is 0 Å². The molecule has 2 fully saturated rings.